The number of hydrogen-bond donors (Lipinski definition) is 0. The van der Waals surface area contributed by atoms with E-state index < -0.39 is 0 Å². The van der Waals surface area contributed by atoms with Crippen LogP contribution < -0.4 is 0 Å². The summed E-state index contributed by atoms with van der Waals surface area (Å²) in [6.45, 7) is 0. The SMILES string of the molecule is c1ccc(-c2cc(-c3ccc(-c4ccc(-c5ccc6ccc7cccnc7c6n5)c5ccccc45)cc3)nc(-c3ccc4ccccc4n3)n2)cc1. The fourth-order valence-corrected chi connectivity index (χ4v) is 7.13. The van der Waals surface area contributed by atoms with Gasteiger partial charge in [-0.05, 0) is 52.2 Å². The van der Waals surface area contributed by atoms with Crippen molar-refractivity contribution in [1.82, 2.24) is 24.9 Å². The Hall–Kier alpha value is -7.11. The van der Waals surface area contributed by atoms with Gasteiger partial charge in [-0.3, -0.25) is 4.98 Å². The number of fused-ring (bicyclic) bond motifs is 5. The van der Waals surface area contributed by atoms with E-state index in [0.717, 1.165) is 88.7 Å². The molecule has 0 aliphatic rings. The molecule has 0 aliphatic carbocycles. The van der Waals surface area contributed by atoms with E-state index in [1.807, 2.05) is 54.7 Å². The highest BCUT2D eigenvalue weighted by atomic mass is 14.9. The molecule has 0 spiro atoms. The van der Waals surface area contributed by atoms with E-state index in [2.05, 4.69) is 126 Å². The highest BCUT2D eigenvalue weighted by molar-refractivity contribution is 6.07. The van der Waals surface area contributed by atoms with Gasteiger partial charge in [-0.1, -0.05) is 140 Å². The molecule has 4 aromatic heterocycles. The number of pyridine rings is 3. The molecule has 6 aromatic carbocycles. The molecule has 0 unspecified atom stereocenters. The van der Waals surface area contributed by atoms with Crippen LogP contribution in [0.3, 0.4) is 0 Å². The highest BCUT2D eigenvalue weighted by Gasteiger charge is 2.15. The molecule has 10 rings (SSSR count). The van der Waals surface area contributed by atoms with Gasteiger partial charge >= 0.3 is 0 Å². The second-order valence-corrected chi connectivity index (χ2v) is 12.9. The Balaban J connectivity index is 1.05. The van der Waals surface area contributed by atoms with E-state index in [-0.39, 0.29) is 0 Å². The van der Waals surface area contributed by atoms with Crippen molar-refractivity contribution in [2.24, 2.45) is 0 Å². The summed E-state index contributed by atoms with van der Waals surface area (Å²) in [7, 11) is 0. The molecule has 10 aromatic rings. The van der Waals surface area contributed by atoms with E-state index in [1.54, 1.807) is 0 Å². The van der Waals surface area contributed by atoms with Crippen molar-refractivity contribution in [2.45, 2.75) is 0 Å². The minimum absolute atomic E-state index is 0.596. The smallest absolute Gasteiger partial charge is 0.179 e. The normalized spacial score (nSPS) is 11.5. The van der Waals surface area contributed by atoms with Crippen molar-refractivity contribution >= 4 is 43.5 Å². The molecule has 52 heavy (non-hydrogen) atoms. The Morgan fingerprint density at radius 3 is 1.75 bits per heavy atom. The maximum absolute atomic E-state index is 5.17. The van der Waals surface area contributed by atoms with Gasteiger partial charge in [0.05, 0.1) is 33.6 Å². The average Bonchev–Trinajstić information content (AvgIpc) is 3.23. The zero-order valence-electron chi connectivity index (χ0n) is 28.0. The maximum Gasteiger partial charge on any atom is 0.179 e. The third-order valence-corrected chi connectivity index (χ3v) is 9.75. The molecule has 0 bridgehead atoms. The number of nitrogens with zero attached hydrogens (tertiary/aromatic N) is 5. The minimum atomic E-state index is 0.596. The van der Waals surface area contributed by atoms with E-state index in [9.17, 15) is 0 Å². The van der Waals surface area contributed by atoms with Crippen LogP contribution in [0.1, 0.15) is 0 Å². The Kier molecular flexibility index (Phi) is 7.07. The summed E-state index contributed by atoms with van der Waals surface area (Å²) in [5.41, 5.74) is 11.5. The second-order valence-electron chi connectivity index (χ2n) is 12.9. The van der Waals surface area contributed by atoms with Crippen LogP contribution in [0, 0.1) is 0 Å². The topological polar surface area (TPSA) is 64.5 Å². The van der Waals surface area contributed by atoms with E-state index in [0.29, 0.717) is 5.82 Å². The third-order valence-electron chi connectivity index (χ3n) is 9.75. The van der Waals surface area contributed by atoms with E-state index in [4.69, 9.17) is 19.9 Å². The molecule has 0 amide bonds. The van der Waals surface area contributed by atoms with Crippen molar-refractivity contribution in [3.63, 3.8) is 0 Å². The van der Waals surface area contributed by atoms with E-state index >= 15 is 0 Å². The summed E-state index contributed by atoms with van der Waals surface area (Å²) >= 11 is 0. The molecule has 0 saturated heterocycles. The summed E-state index contributed by atoms with van der Waals surface area (Å²) in [6.07, 6.45) is 1.83. The summed E-state index contributed by atoms with van der Waals surface area (Å²) in [4.78, 5) is 24.8. The van der Waals surface area contributed by atoms with Gasteiger partial charge in [0.25, 0.3) is 0 Å². The van der Waals surface area contributed by atoms with Crippen molar-refractivity contribution in [3.05, 3.63) is 176 Å². The molecule has 0 N–H and O–H groups in total. The summed E-state index contributed by atoms with van der Waals surface area (Å²) < 4.78 is 0. The van der Waals surface area contributed by atoms with Crippen molar-refractivity contribution in [2.75, 3.05) is 0 Å². The van der Waals surface area contributed by atoms with Crippen LogP contribution in [0.25, 0.3) is 99.9 Å². The van der Waals surface area contributed by atoms with Gasteiger partial charge in [-0.2, -0.15) is 0 Å². The molecule has 5 nitrogen and oxygen atoms in total. The summed E-state index contributed by atoms with van der Waals surface area (Å²) in [5, 5.41) is 5.57. The second kappa shape index (κ2) is 12.3. The van der Waals surface area contributed by atoms with Gasteiger partial charge in [0.2, 0.25) is 0 Å². The molecule has 242 valence electrons. The number of para-hydroxylation sites is 1. The predicted molar refractivity (Wildman–Crippen MR) is 213 cm³/mol. The predicted octanol–water partition coefficient (Wildman–Crippen LogP) is 11.6. The molecular weight excluding hydrogens is 635 g/mol. The Morgan fingerprint density at radius 1 is 0.327 bits per heavy atom. The highest BCUT2D eigenvalue weighted by Crippen LogP contribution is 2.37. The third kappa shape index (κ3) is 5.24. The van der Waals surface area contributed by atoms with Crippen LogP contribution in [0.5, 0.6) is 0 Å². The van der Waals surface area contributed by atoms with Gasteiger partial charge in [0.1, 0.15) is 5.69 Å². The zero-order valence-corrected chi connectivity index (χ0v) is 28.0. The van der Waals surface area contributed by atoms with Gasteiger partial charge in [0, 0.05) is 39.0 Å². The van der Waals surface area contributed by atoms with Crippen molar-refractivity contribution in [3.8, 4) is 56.4 Å². The van der Waals surface area contributed by atoms with Gasteiger partial charge in [-0.25, -0.2) is 19.9 Å². The monoisotopic (exact) mass is 663 g/mol. The van der Waals surface area contributed by atoms with Crippen LogP contribution in [0.15, 0.2) is 176 Å². The maximum atomic E-state index is 5.17. The fraction of sp³-hybridized carbons (Fsp3) is 0. The van der Waals surface area contributed by atoms with Crippen LogP contribution in [-0.4, -0.2) is 24.9 Å². The van der Waals surface area contributed by atoms with Crippen molar-refractivity contribution < 1.29 is 0 Å². The summed E-state index contributed by atoms with van der Waals surface area (Å²) in [5.74, 6) is 0.596. The molecule has 0 radical (unpaired) electrons. The molecule has 0 saturated carbocycles. The number of benzene rings is 6. The van der Waals surface area contributed by atoms with Gasteiger partial charge < -0.3 is 0 Å². The Labute approximate surface area is 300 Å². The largest absolute Gasteiger partial charge is 0.254 e. The summed E-state index contributed by atoms with van der Waals surface area (Å²) in [6, 6.07) is 58.7. The number of rotatable bonds is 5. The zero-order chi connectivity index (χ0) is 34.4. The quantitative estimate of drug-likeness (QED) is 0.171. The van der Waals surface area contributed by atoms with Crippen LogP contribution in [0.4, 0.5) is 0 Å². The first-order valence-corrected chi connectivity index (χ1v) is 17.3. The van der Waals surface area contributed by atoms with E-state index in [1.165, 1.54) is 5.39 Å². The first-order chi connectivity index (χ1) is 25.7. The molecule has 5 heteroatoms. The Morgan fingerprint density at radius 2 is 0.923 bits per heavy atom. The fourth-order valence-electron chi connectivity index (χ4n) is 7.13. The van der Waals surface area contributed by atoms with Crippen LogP contribution >= 0.6 is 0 Å². The lowest BCUT2D eigenvalue weighted by molar-refractivity contribution is 1.16. The lowest BCUT2D eigenvalue weighted by atomic mass is 9.93. The molecule has 0 aliphatic heterocycles. The number of aromatic nitrogens is 5. The molecule has 0 fully saturated rings. The van der Waals surface area contributed by atoms with Crippen molar-refractivity contribution in [1.29, 1.82) is 0 Å². The lowest BCUT2D eigenvalue weighted by Gasteiger charge is -2.13. The standard InChI is InChI=1S/C47H29N5/c1-2-9-31(10-3-1)43-29-44(52-47(51-43)42-27-22-32-11-4-7-15-40(32)49-42)33-18-16-30(17-19-33)36-24-25-39(38-14-6-5-13-37(36)38)41-26-23-35-21-20-34-12-8-28-48-45(34)46(35)50-41/h1-29H. The molecule has 0 atom stereocenters. The first-order valence-electron chi connectivity index (χ1n) is 17.3. The van der Waals surface area contributed by atoms with Gasteiger partial charge in [0.15, 0.2) is 5.82 Å². The first kappa shape index (κ1) is 29.8. The minimum Gasteiger partial charge on any atom is -0.254 e. The average molecular weight is 664 g/mol. The van der Waals surface area contributed by atoms with Crippen LogP contribution in [0.2, 0.25) is 0 Å². The van der Waals surface area contributed by atoms with Gasteiger partial charge in [-0.15, -0.1) is 0 Å². The lowest BCUT2D eigenvalue weighted by Crippen LogP contribution is -1.97. The van der Waals surface area contributed by atoms with Crippen LogP contribution in [-0.2, 0) is 0 Å². The molecular formula is C47H29N5. The molecule has 4 heterocycles. The number of hydrogen-bond acceptors (Lipinski definition) is 5. The Bertz CT molecular complexity index is 2960.